The van der Waals surface area contributed by atoms with Gasteiger partial charge in [0.25, 0.3) is 0 Å². The number of hydrogen-bond acceptors (Lipinski definition) is 7. The van der Waals surface area contributed by atoms with Crippen LogP contribution in [0.2, 0.25) is 0 Å². The summed E-state index contributed by atoms with van der Waals surface area (Å²) in [5.41, 5.74) is 0.694. The zero-order chi connectivity index (χ0) is 16.0. The van der Waals surface area contributed by atoms with Gasteiger partial charge < -0.3 is 25.2 Å². The summed E-state index contributed by atoms with van der Waals surface area (Å²) < 4.78 is 6.67. The van der Waals surface area contributed by atoms with Gasteiger partial charge >= 0.3 is 5.97 Å². The van der Waals surface area contributed by atoms with E-state index in [1.165, 1.54) is 16.9 Å². The van der Waals surface area contributed by atoms with E-state index in [2.05, 4.69) is 10.1 Å². The number of fused-ring (bicyclic) bond motifs is 1. The standard InChI is InChI=1S/C13H15N3O6/c1-5-7(13(20)21)2-6-3-14-16(11(6)15-5)12-10(19)9(18)8(4-17)22-12/h2-3,8-10,12,17-19H,4H2,1H3,(H,20,21)/t8-,9-,10-,12-/m1/s1. The maximum absolute atomic E-state index is 11.1. The summed E-state index contributed by atoms with van der Waals surface area (Å²) >= 11 is 0. The number of aliphatic hydroxyl groups excluding tert-OH is 3. The minimum atomic E-state index is -1.28. The van der Waals surface area contributed by atoms with Crippen LogP contribution in [0.15, 0.2) is 12.3 Å². The lowest BCUT2D eigenvalue weighted by Crippen LogP contribution is -2.33. The highest BCUT2D eigenvalue weighted by molar-refractivity contribution is 5.93. The van der Waals surface area contributed by atoms with Crippen molar-refractivity contribution >= 4 is 17.0 Å². The average molecular weight is 309 g/mol. The molecule has 0 bridgehead atoms. The summed E-state index contributed by atoms with van der Waals surface area (Å²) in [7, 11) is 0. The molecule has 0 unspecified atom stereocenters. The zero-order valence-electron chi connectivity index (χ0n) is 11.6. The van der Waals surface area contributed by atoms with Gasteiger partial charge in [0.2, 0.25) is 0 Å². The molecule has 4 atom stereocenters. The Hall–Kier alpha value is -2.07. The third kappa shape index (κ3) is 2.15. The van der Waals surface area contributed by atoms with E-state index < -0.39 is 37.1 Å². The Bertz CT molecular complexity index is 730. The van der Waals surface area contributed by atoms with Crippen molar-refractivity contribution < 1.29 is 30.0 Å². The van der Waals surface area contributed by atoms with Crippen molar-refractivity contribution in [3.63, 3.8) is 0 Å². The molecule has 0 saturated carbocycles. The molecule has 3 heterocycles. The second kappa shape index (κ2) is 5.29. The van der Waals surface area contributed by atoms with Crippen LogP contribution >= 0.6 is 0 Å². The van der Waals surface area contributed by atoms with E-state index in [0.29, 0.717) is 16.7 Å². The fraction of sp³-hybridized carbons (Fsp3) is 0.462. The predicted octanol–water partition coefficient (Wildman–Crippen LogP) is -0.951. The Balaban J connectivity index is 2.06. The summed E-state index contributed by atoms with van der Waals surface area (Å²) in [6.45, 7) is 1.11. The summed E-state index contributed by atoms with van der Waals surface area (Å²) in [5, 5.41) is 42.6. The van der Waals surface area contributed by atoms with E-state index in [-0.39, 0.29) is 5.56 Å². The first-order valence-electron chi connectivity index (χ1n) is 6.64. The molecule has 1 aliphatic heterocycles. The Labute approximate surface area is 124 Å². The number of hydrogen-bond donors (Lipinski definition) is 4. The highest BCUT2D eigenvalue weighted by Gasteiger charge is 2.44. The van der Waals surface area contributed by atoms with Crippen LogP contribution in [-0.2, 0) is 4.74 Å². The van der Waals surface area contributed by atoms with E-state index in [9.17, 15) is 15.0 Å². The number of aryl methyl sites for hydroxylation is 1. The van der Waals surface area contributed by atoms with Crippen molar-refractivity contribution in [2.45, 2.75) is 31.5 Å². The molecule has 1 saturated heterocycles. The van der Waals surface area contributed by atoms with Crippen LogP contribution in [0.3, 0.4) is 0 Å². The lowest BCUT2D eigenvalue weighted by molar-refractivity contribution is -0.0566. The molecular weight excluding hydrogens is 294 g/mol. The second-order valence-corrected chi connectivity index (χ2v) is 5.16. The van der Waals surface area contributed by atoms with Gasteiger partial charge in [-0.1, -0.05) is 0 Å². The van der Waals surface area contributed by atoms with Gasteiger partial charge in [0.05, 0.1) is 24.1 Å². The average Bonchev–Trinajstić information content (AvgIpc) is 3.00. The highest BCUT2D eigenvalue weighted by atomic mass is 16.6. The topological polar surface area (TPSA) is 138 Å². The minimum Gasteiger partial charge on any atom is -0.478 e. The molecule has 0 amide bonds. The molecule has 3 rings (SSSR count). The summed E-state index contributed by atoms with van der Waals surface area (Å²) in [6.07, 6.45) is -3.04. The predicted molar refractivity (Wildman–Crippen MR) is 72.2 cm³/mol. The number of pyridine rings is 1. The van der Waals surface area contributed by atoms with Gasteiger partial charge in [-0.05, 0) is 13.0 Å². The van der Waals surface area contributed by atoms with Crippen molar-refractivity contribution in [2.24, 2.45) is 0 Å². The highest BCUT2D eigenvalue weighted by Crippen LogP contribution is 2.31. The monoisotopic (exact) mass is 309 g/mol. The first-order chi connectivity index (χ1) is 10.4. The van der Waals surface area contributed by atoms with Crippen molar-refractivity contribution in [3.8, 4) is 0 Å². The third-order valence-electron chi connectivity index (χ3n) is 3.75. The number of rotatable bonds is 3. The van der Waals surface area contributed by atoms with E-state index in [4.69, 9.17) is 14.9 Å². The van der Waals surface area contributed by atoms with Crippen molar-refractivity contribution in [1.82, 2.24) is 14.8 Å². The lowest BCUT2D eigenvalue weighted by Gasteiger charge is -2.15. The number of nitrogens with zero attached hydrogens (tertiary/aromatic N) is 3. The summed E-state index contributed by atoms with van der Waals surface area (Å²) in [5.74, 6) is -1.09. The van der Waals surface area contributed by atoms with Gasteiger partial charge in [-0.3, -0.25) is 0 Å². The fourth-order valence-corrected chi connectivity index (χ4v) is 2.55. The number of aromatic nitrogens is 3. The molecule has 2 aromatic rings. The SMILES string of the molecule is Cc1nc2c(cnn2[C@@H]2O[C@H](CO)[C@@H](O)[C@H]2O)cc1C(=O)O. The van der Waals surface area contributed by atoms with Gasteiger partial charge in [-0.25, -0.2) is 14.5 Å². The van der Waals surface area contributed by atoms with Crippen LogP contribution < -0.4 is 0 Å². The molecule has 118 valence electrons. The molecule has 1 aliphatic rings. The van der Waals surface area contributed by atoms with Crippen LogP contribution in [0.25, 0.3) is 11.0 Å². The third-order valence-corrected chi connectivity index (χ3v) is 3.75. The number of carboxylic acids is 1. The molecule has 9 heteroatoms. The largest absolute Gasteiger partial charge is 0.478 e. The summed E-state index contributed by atoms with van der Waals surface area (Å²) in [4.78, 5) is 15.3. The Morgan fingerprint density at radius 1 is 1.41 bits per heavy atom. The number of aliphatic hydroxyl groups is 3. The van der Waals surface area contributed by atoms with E-state index in [1.807, 2.05) is 0 Å². The van der Waals surface area contributed by atoms with Crippen molar-refractivity contribution in [1.29, 1.82) is 0 Å². The molecule has 0 aromatic carbocycles. The van der Waals surface area contributed by atoms with Gasteiger partial charge in [0.15, 0.2) is 11.9 Å². The number of carbonyl (C=O) groups is 1. The van der Waals surface area contributed by atoms with Crippen LogP contribution in [0.1, 0.15) is 22.3 Å². The van der Waals surface area contributed by atoms with E-state index >= 15 is 0 Å². The number of ether oxygens (including phenoxy) is 1. The first-order valence-corrected chi connectivity index (χ1v) is 6.64. The van der Waals surface area contributed by atoms with Crippen LogP contribution in [0.5, 0.6) is 0 Å². The molecule has 0 radical (unpaired) electrons. The molecule has 2 aromatic heterocycles. The van der Waals surface area contributed by atoms with Crippen LogP contribution in [0, 0.1) is 6.92 Å². The summed E-state index contributed by atoms with van der Waals surface area (Å²) in [6, 6.07) is 1.44. The molecule has 0 spiro atoms. The maximum atomic E-state index is 11.1. The van der Waals surface area contributed by atoms with Gasteiger partial charge in [0, 0.05) is 5.39 Å². The molecule has 9 nitrogen and oxygen atoms in total. The Kier molecular flexibility index (Phi) is 3.57. The molecule has 0 aliphatic carbocycles. The molecule has 4 N–H and O–H groups in total. The van der Waals surface area contributed by atoms with Crippen LogP contribution in [0.4, 0.5) is 0 Å². The quantitative estimate of drug-likeness (QED) is 0.569. The Morgan fingerprint density at radius 3 is 2.73 bits per heavy atom. The molecule has 1 fully saturated rings. The smallest absolute Gasteiger partial charge is 0.337 e. The van der Waals surface area contributed by atoms with E-state index in [1.54, 1.807) is 6.92 Å². The zero-order valence-corrected chi connectivity index (χ0v) is 11.6. The first kappa shape index (κ1) is 14.9. The van der Waals surface area contributed by atoms with Gasteiger partial charge in [-0.2, -0.15) is 5.10 Å². The number of aromatic carboxylic acids is 1. The van der Waals surface area contributed by atoms with Crippen LogP contribution in [-0.4, -0.2) is 66.1 Å². The van der Waals surface area contributed by atoms with E-state index in [0.717, 1.165) is 0 Å². The van der Waals surface area contributed by atoms with Crippen molar-refractivity contribution in [3.05, 3.63) is 23.5 Å². The second-order valence-electron chi connectivity index (χ2n) is 5.16. The lowest BCUT2D eigenvalue weighted by atomic mass is 10.1. The van der Waals surface area contributed by atoms with Gasteiger partial charge in [-0.15, -0.1) is 0 Å². The maximum Gasteiger partial charge on any atom is 0.337 e. The number of carboxylic acid groups (broad SMARTS) is 1. The van der Waals surface area contributed by atoms with Crippen molar-refractivity contribution in [2.75, 3.05) is 6.61 Å². The normalized spacial score (nSPS) is 28.4. The Morgan fingerprint density at radius 2 is 2.14 bits per heavy atom. The van der Waals surface area contributed by atoms with Gasteiger partial charge in [0.1, 0.15) is 18.3 Å². The molecular formula is C13H15N3O6. The fourth-order valence-electron chi connectivity index (χ4n) is 2.55. The molecule has 22 heavy (non-hydrogen) atoms. The minimum absolute atomic E-state index is 0.0632.